The Balaban J connectivity index is 1.34. The minimum absolute atomic E-state index is 0.463. The van der Waals surface area contributed by atoms with Crippen LogP contribution >= 0.6 is 12.6 Å². The number of rotatable bonds is 4. The van der Waals surface area contributed by atoms with E-state index in [1.165, 1.54) is 161 Å². The van der Waals surface area contributed by atoms with Crippen LogP contribution in [-0.2, 0) is 0 Å². The van der Waals surface area contributed by atoms with Gasteiger partial charge in [-0.2, -0.15) is 12.6 Å². The summed E-state index contributed by atoms with van der Waals surface area (Å²) < 4.78 is 0. The molecule has 6 aliphatic carbocycles. The highest BCUT2D eigenvalue weighted by Gasteiger charge is 2.46. The van der Waals surface area contributed by atoms with Crippen LogP contribution in [-0.4, -0.2) is 19.1 Å². The summed E-state index contributed by atoms with van der Waals surface area (Å²) in [5, 5.41) is 0.578. The van der Waals surface area contributed by atoms with Gasteiger partial charge in [-0.1, -0.05) is 123 Å². The van der Waals surface area contributed by atoms with Crippen LogP contribution in [0.4, 0.5) is 0 Å². The first-order valence-electron chi connectivity index (χ1n) is 23.6. The van der Waals surface area contributed by atoms with Crippen molar-refractivity contribution >= 4 is 20.5 Å². The van der Waals surface area contributed by atoms with Gasteiger partial charge in [-0.3, -0.25) is 0 Å². The highest BCUT2D eigenvalue weighted by molar-refractivity contribution is 7.81. The minimum Gasteiger partial charge on any atom is -0.328 e. The van der Waals surface area contributed by atoms with Gasteiger partial charge >= 0.3 is 0 Å². The molecule has 0 aliphatic heterocycles. The zero-order valence-corrected chi connectivity index (χ0v) is 35.1. The Morgan fingerprint density at radius 1 is 0.620 bits per heavy atom. The minimum atomic E-state index is 0.463. The Kier molecular flexibility index (Phi) is 15.1. The molecule has 2 N–H and O–H groups in total. The van der Waals surface area contributed by atoms with Gasteiger partial charge in [0.15, 0.2) is 0 Å². The van der Waals surface area contributed by atoms with Crippen molar-refractivity contribution in [3.63, 3.8) is 0 Å². The lowest BCUT2D eigenvalue weighted by molar-refractivity contribution is 0.0187. The molecule has 0 aromatic heterocycles. The summed E-state index contributed by atoms with van der Waals surface area (Å²) >= 11 is 5.66. The number of fused-ring (bicyclic) bond motifs is 8. The summed E-state index contributed by atoms with van der Waals surface area (Å²) in [5.74, 6) is 9.12. The van der Waals surface area contributed by atoms with E-state index in [9.17, 15) is 0 Å². The van der Waals surface area contributed by atoms with Gasteiger partial charge < -0.3 is 5.73 Å². The lowest BCUT2D eigenvalue weighted by Crippen LogP contribution is -2.41. The smallest absolute Gasteiger partial charge is 0.106 e. The summed E-state index contributed by atoms with van der Waals surface area (Å²) in [6.07, 6.45) is 44.5. The fraction of sp³-hybridized carbons (Fsp3) is 1.00. The van der Waals surface area contributed by atoms with Gasteiger partial charge in [0.1, 0.15) is 7.85 Å². The van der Waals surface area contributed by atoms with E-state index in [1.807, 2.05) is 0 Å². The van der Waals surface area contributed by atoms with Crippen LogP contribution in [0.5, 0.6) is 0 Å². The second kappa shape index (κ2) is 18.8. The molecule has 50 heavy (non-hydrogen) atoms. The molecule has 0 aromatic rings. The van der Waals surface area contributed by atoms with Gasteiger partial charge in [0.05, 0.1) is 0 Å². The van der Waals surface area contributed by atoms with Crippen molar-refractivity contribution in [2.75, 3.05) is 0 Å². The predicted molar refractivity (Wildman–Crippen MR) is 225 cm³/mol. The van der Waals surface area contributed by atoms with Crippen LogP contribution in [0.2, 0.25) is 5.82 Å². The van der Waals surface area contributed by atoms with Crippen molar-refractivity contribution in [2.45, 2.75) is 231 Å². The molecule has 13 unspecified atom stereocenters. The highest BCUT2D eigenvalue weighted by Crippen LogP contribution is 2.57. The van der Waals surface area contributed by atoms with E-state index in [0.29, 0.717) is 22.1 Å². The second-order valence-corrected chi connectivity index (χ2v) is 21.7. The van der Waals surface area contributed by atoms with Crippen LogP contribution in [0, 0.1) is 64.1 Å². The highest BCUT2D eigenvalue weighted by atomic mass is 32.1. The van der Waals surface area contributed by atoms with Crippen LogP contribution in [0.15, 0.2) is 0 Å². The molecule has 6 fully saturated rings. The molecule has 6 saturated carbocycles. The van der Waals surface area contributed by atoms with Crippen molar-refractivity contribution in [3.05, 3.63) is 0 Å². The van der Waals surface area contributed by atoms with E-state index in [0.717, 1.165) is 59.1 Å². The SMILES string of the molecule is BC(CC)C1(C)CCCCC1C1CCCC2(C3CCCCC3)CCCCC3CC(N)CCC(C3)C3CCCCC(C3)C(CC(S)C(C)CC1)C2. The average molecular weight is 708 g/mol. The third-order valence-corrected chi connectivity index (χ3v) is 19.0. The van der Waals surface area contributed by atoms with E-state index in [2.05, 4.69) is 28.6 Å². The van der Waals surface area contributed by atoms with Crippen molar-refractivity contribution in [1.29, 1.82) is 0 Å². The molecule has 13 atom stereocenters. The number of thiol groups is 1. The Hall–Kier alpha value is 0.375. The third-order valence-electron chi connectivity index (χ3n) is 18.3. The van der Waals surface area contributed by atoms with Crippen LogP contribution in [0.1, 0.15) is 213 Å². The van der Waals surface area contributed by atoms with Gasteiger partial charge in [0.2, 0.25) is 0 Å². The van der Waals surface area contributed by atoms with E-state index in [4.69, 9.17) is 18.4 Å². The molecule has 0 aromatic carbocycles. The fourth-order valence-corrected chi connectivity index (χ4v) is 15.2. The van der Waals surface area contributed by atoms with Crippen LogP contribution in [0.25, 0.3) is 0 Å². The number of hydrogen-bond acceptors (Lipinski definition) is 2. The van der Waals surface area contributed by atoms with E-state index < -0.39 is 0 Å². The lowest BCUT2D eigenvalue weighted by atomic mass is 9.51. The first kappa shape index (κ1) is 40.0. The Morgan fingerprint density at radius 2 is 1.24 bits per heavy atom. The van der Waals surface area contributed by atoms with Crippen LogP contribution in [0.3, 0.4) is 0 Å². The molecule has 0 saturated heterocycles. The zero-order valence-electron chi connectivity index (χ0n) is 34.2. The Bertz CT molecular complexity index is 996. The molecule has 6 rings (SSSR count). The molecule has 1 nitrogen and oxygen atoms in total. The molecule has 6 bridgehead atoms. The van der Waals surface area contributed by atoms with E-state index in [-0.39, 0.29) is 0 Å². The maximum atomic E-state index is 6.83. The normalized spacial score (nSPS) is 45.9. The molecule has 3 heteroatoms. The van der Waals surface area contributed by atoms with Gasteiger partial charge in [-0.25, -0.2) is 0 Å². The quantitative estimate of drug-likeness (QED) is 0.221. The molecule has 0 spiro atoms. The van der Waals surface area contributed by atoms with Gasteiger partial charge in [0, 0.05) is 11.3 Å². The third kappa shape index (κ3) is 9.78. The molecule has 0 radical (unpaired) electrons. The van der Waals surface area contributed by atoms with E-state index >= 15 is 0 Å². The molecule has 0 amide bonds. The maximum absolute atomic E-state index is 6.83. The van der Waals surface area contributed by atoms with Crippen molar-refractivity contribution in [3.8, 4) is 0 Å². The fourth-order valence-electron chi connectivity index (χ4n) is 14.8. The monoisotopic (exact) mass is 708 g/mol. The lowest BCUT2D eigenvalue weighted by Gasteiger charge is -2.51. The second-order valence-electron chi connectivity index (χ2n) is 21.1. The standard InChI is InChI=1S/C47H86BNS/c1-4-45(48)46(3)26-12-11-21-43(46)36-18-14-28-47(41-19-6-5-7-20-41)27-13-10-15-35-29-39(24-25-42(49)30-35)37-16-8-9-17-38(31-37)40(33-47)32-44(50)34(2)22-23-36/h34-45,50H,4-33,48-49H2,1-3H3. The van der Waals surface area contributed by atoms with Gasteiger partial charge in [-0.05, 0) is 160 Å². The van der Waals surface area contributed by atoms with Gasteiger partial charge in [-0.15, -0.1) is 0 Å². The van der Waals surface area contributed by atoms with Crippen molar-refractivity contribution < 1.29 is 0 Å². The summed E-state index contributed by atoms with van der Waals surface area (Å²) in [4.78, 5) is 0. The molecule has 288 valence electrons. The van der Waals surface area contributed by atoms with Crippen molar-refractivity contribution in [2.24, 2.45) is 69.8 Å². The first-order valence-corrected chi connectivity index (χ1v) is 24.2. The summed E-state index contributed by atoms with van der Waals surface area (Å²) in [7, 11) is 2.62. The van der Waals surface area contributed by atoms with Gasteiger partial charge in [0.25, 0.3) is 0 Å². The topological polar surface area (TPSA) is 26.0 Å². The average Bonchev–Trinajstić information content (AvgIpc) is 3.48. The first-order chi connectivity index (χ1) is 24.2. The Morgan fingerprint density at radius 3 is 2.02 bits per heavy atom. The predicted octanol–water partition coefficient (Wildman–Crippen LogP) is 13.4. The molecular formula is C47H86BNS. The molecule has 6 aliphatic rings. The summed E-state index contributed by atoms with van der Waals surface area (Å²) in [6.45, 7) is 7.86. The molecular weight excluding hydrogens is 621 g/mol. The van der Waals surface area contributed by atoms with Crippen molar-refractivity contribution in [1.82, 2.24) is 0 Å². The largest absolute Gasteiger partial charge is 0.328 e. The Labute approximate surface area is 319 Å². The number of nitrogens with two attached hydrogens (primary N) is 1. The molecule has 0 heterocycles. The number of hydrogen-bond donors (Lipinski definition) is 2. The van der Waals surface area contributed by atoms with Crippen LogP contribution < -0.4 is 5.73 Å². The summed E-state index contributed by atoms with van der Waals surface area (Å²) in [6, 6.07) is 0.463. The zero-order chi connectivity index (χ0) is 35.1. The maximum Gasteiger partial charge on any atom is 0.106 e. The van der Waals surface area contributed by atoms with E-state index in [1.54, 1.807) is 32.1 Å². The summed E-state index contributed by atoms with van der Waals surface area (Å²) in [5.41, 5.74) is 7.96.